The van der Waals surface area contributed by atoms with Crippen molar-refractivity contribution in [3.8, 4) is 0 Å². The van der Waals surface area contributed by atoms with Crippen molar-refractivity contribution in [3.05, 3.63) is 52.4 Å². The van der Waals surface area contributed by atoms with E-state index >= 15 is 0 Å². The lowest BCUT2D eigenvalue weighted by atomic mass is 10.2. The fraction of sp³-hybridized carbons (Fsp3) is 0.125. The molecule has 4 aromatic rings. The van der Waals surface area contributed by atoms with Gasteiger partial charge >= 0.3 is 0 Å². The Hall–Kier alpha value is -3.07. The third-order valence-electron chi connectivity index (χ3n) is 3.94. The minimum atomic E-state index is -0.315. The van der Waals surface area contributed by atoms with Crippen LogP contribution in [0.25, 0.3) is 15.9 Å². The highest BCUT2D eigenvalue weighted by atomic mass is 32.1. The number of hydrogen-bond acceptors (Lipinski definition) is 6. The number of aryl methyl sites for hydroxylation is 1. The third-order valence-corrected chi connectivity index (χ3v) is 5.03. The zero-order valence-corrected chi connectivity index (χ0v) is 14.0. The number of fused-ring (bicyclic) bond motifs is 2. The number of nitrogens with one attached hydrogen (secondary N) is 1. The topological polar surface area (TPSA) is 98.2 Å². The molecule has 25 heavy (non-hydrogen) atoms. The molecule has 3 N–H and O–H groups in total. The number of carbonyl (C=O) groups is 1. The molecule has 0 bridgehead atoms. The highest BCUT2D eigenvalue weighted by Gasteiger charge is 2.20. The number of hydrogen-bond donors (Lipinski definition) is 2. The van der Waals surface area contributed by atoms with Crippen molar-refractivity contribution < 1.29 is 9.18 Å². The number of nitrogens with zero attached hydrogens (tertiary/aromatic N) is 4. The fourth-order valence-corrected chi connectivity index (χ4v) is 3.72. The van der Waals surface area contributed by atoms with Crippen LogP contribution in [-0.4, -0.2) is 25.7 Å². The molecule has 0 atom stereocenters. The second kappa shape index (κ2) is 5.78. The van der Waals surface area contributed by atoms with E-state index in [1.54, 1.807) is 16.6 Å². The summed E-state index contributed by atoms with van der Waals surface area (Å²) in [6.45, 7) is 2.16. The minimum absolute atomic E-state index is 0.284. The van der Waals surface area contributed by atoms with Gasteiger partial charge in [0.05, 0.1) is 5.69 Å². The number of amides is 1. The summed E-state index contributed by atoms with van der Waals surface area (Å²) in [5.41, 5.74) is 8.81. The Bertz CT molecular complexity index is 1100. The van der Waals surface area contributed by atoms with Gasteiger partial charge in [-0.15, -0.1) is 21.5 Å². The molecule has 126 valence electrons. The Morgan fingerprint density at radius 3 is 2.88 bits per heavy atom. The number of rotatable bonds is 3. The Morgan fingerprint density at radius 1 is 1.36 bits per heavy atom. The second-order valence-corrected chi connectivity index (χ2v) is 6.56. The Balaban J connectivity index is 1.66. The van der Waals surface area contributed by atoms with Crippen LogP contribution in [0.1, 0.15) is 20.8 Å². The quantitative estimate of drug-likeness (QED) is 0.587. The number of benzene rings is 1. The van der Waals surface area contributed by atoms with E-state index in [2.05, 4.69) is 20.6 Å². The Kier molecular flexibility index (Phi) is 3.57. The Morgan fingerprint density at radius 2 is 2.12 bits per heavy atom. The zero-order chi connectivity index (χ0) is 17.6. The van der Waals surface area contributed by atoms with Gasteiger partial charge in [-0.05, 0) is 24.6 Å². The first-order valence-corrected chi connectivity index (χ1v) is 8.27. The normalized spacial score (nSPS) is 11.3. The molecule has 0 saturated carbocycles. The standard InChI is InChI=1S/C16H13FN6OS/c1-8-11-12(18)13(25-16(11)22-23-7-20-21-14(8)23)15(24)19-6-9-2-4-10(17)5-3-9/h2-5,7H,6,18H2,1H3,(H,19,24). The molecule has 0 fully saturated rings. The van der Waals surface area contributed by atoms with Gasteiger partial charge in [0.1, 0.15) is 21.9 Å². The second-order valence-electron chi connectivity index (χ2n) is 5.56. The van der Waals surface area contributed by atoms with Gasteiger partial charge in [-0.25, -0.2) is 4.39 Å². The molecule has 0 saturated heterocycles. The monoisotopic (exact) mass is 356 g/mol. The predicted octanol–water partition coefficient (Wildman–Crippen LogP) is 2.30. The summed E-state index contributed by atoms with van der Waals surface area (Å²) in [5.74, 6) is -0.607. The van der Waals surface area contributed by atoms with E-state index in [0.29, 0.717) is 21.0 Å². The fourth-order valence-electron chi connectivity index (χ4n) is 2.66. The van der Waals surface area contributed by atoms with Gasteiger partial charge in [-0.3, -0.25) is 4.79 Å². The van der Waals surface area contributed by atoms with Gasteiger partial charge in [-0.1, -0.05) is 12.1 Å². The van der Waals surface area contributed by atoms with Crippen LogP contribution in [0.2, 0.25) is 0 Å². The summed E-state index contributed by atoms with van der Waals surface area (Å²) in [6, 6.07) is 5.95. The molecule has 0 aliphatic carbocycles. The van der Waals surface area contributed by atoms with Crippen molar-refractivity contribution in [1.29, 1.82) is 0 Å². The first-order valence-electron chi connectivity index (χ1n) is 7.46. The summed E-state index contributed by atoms with van der Waals surface area (Å²) in [7, 11) is 0. The van der Waals surface area contributed by atoms with Crippen molar-refractivity contribution in [2.45, 2.75) is 13.5 Å². The molecule has 9 heteroatoms. The highest BCUT2D eigenvalue weighted by Crippen LogP contribution is 2.35. The summed E-state index contributed by atoms with van der Waals surface area (Å²) < 4.78 is 14.5. The summed E-state index contributed by atoms with van der Waals surface area (Å²) in [4.78, 5) is 13.5. The van der Waals surface area contributed by atoms with Crippen LogP contribution >= 0.6 is 11.3 Å². The van der Waals surface area contributed by atoms with Crippen LogP contribution in [0.3, 0.4) is 0 Å². The van der Waals surface area contributed by atoms with Gasteiger partial charge in [0.25, 0.3) is 5.91 Å². The lowest BCUT2D eigenvalue weighted by molar-refractivity contribution is 0.0956. The van der Waals surface area contributed by atoms with Crippen LogP contribution in [0.5, 0.6) is 0 Å². The van der Waals surface area contributed by atoms with Gasteiger partial charge in [0, 0.05) is 17.5 Å². The smallest absolute Gasteiger partial charge is 0.263 e. The molecule has 0 unspecified atom stereocenters. The number of carbonyl (C=O) groups excluding carboxylic acids is 1. The summed E-state index contributed by atoms with van der Waals surface area (Å²) in [6.07, 6.45) is 1.51. The molecule has 1 aromatic carbocycles. The number of nitrogens with two attached hydrogens (primary N) is 1. The van der Waals surface area contributed by atoms with E-state index in [9.17, 15) is 9.18 Å². The largest absolute Gasteiger partial charge is 0.397 e. The maximum Gasteiger partial charge on any atom is 0.263 e. The highest BCUT2D eigenvalue weighted by molar-refractivity contribution is 7.21. The molecule has 1 amide bonds. The zero-order valence-electron chi connectivity index (χ0n) is 13.2. The van der Waals surface area contributed by atoms with Crippen LogP contribution in [-0.2, 0) is 6.54 Å². The molecule has 0 aliphatic rings. The Labute approximate surface area is 145 Å². The van der Waals surface area contributed by atoms with E-state index in [0.717, 1.165) is 16.5 Å². The average Bonchev–Trinajstić information content (AvgIpc) is 3.19. The van der Waals surface area contributed by atoms with E-state index in [-0.39, 0.29) is 18.3 Å². The molecule has 0 aliphatic heterocycles. The van der Waals surface area contributed by atoms with Gasteiger partial charge in [0.15, 0.2) is 5.65 Å². The molecule has 7 nitrogen and oxygen atoms in total. The van der Waals surface area contributed by atoms with Gasteiger partial charge in [-0.2, -0.15) is 9.61 Å². The SMILES string of the molecule is Cc1c2c(N)c(C(=O)NCc3ccc(F)cc3)sc2nn2cnnc12. The molecular weight excluding hydrogens is 343 g/mol. The predicted molar refractivity (Wildman–Crippen MR) is 92.9 cm³/mol. The number of halogens is 1. The molecule has 0 radical (unpaired) electrons. The van der Waals surface area contributed by atoms with Crippen molar-refractivity contribution in [2.24, 2.45) is 0 Å². The van der Waals surface area contributed by atoms with E-state index in [1.807, 2.05) is 6.92 Å². The van der Waals surface area contributed by atoms with Crippen LogP contribution in [0.15, 0.2) is 30.6 Å². The third kappa shape index (κ3) is 2.58. The number of thiophene rings is 1. The van der Waals surface area contributed by atoms with E-state index < -0.39 is 0 Å². The van der Waals surface area contributed by atoms with Gasteiger partial charge < -0.3 is 11.1 Å². The van der Waals surface area contributed by atoms with Crippen molar-refractivity contribution in [3.63, 3.8) is 0 Å². The number of nitrogen functional groups attached to an aromatic ring is 1. The molecule has 3 heterocycles. The van der Waals surface area contributed by atoms with Crippen LogP contribution < -0.4 is 11.1 Å². The first kappa shape index (κ1) is 15.5. The van der Waals surface area contributed by atoms with E-state index in [1.165, 1.54) is 29.8 Å². The maximum atomic E-state index is 12.9. The van der Waals surface area contributed by atoms with Crippen LogP contribution in [0.4, 0.5) is 10.1 Å². The molecule has 0 spiro atoms. The first-order chi connectivity index (χ1) is 12.0. The summed E-state index contributed by atoms with van der Waals surface area (Å²) >= 11 is 1.22. The maximum absolute atomic E-state index is 12.9. The van der Waals surface area contributed by atoms with E-state index in [4.69, 9.17) is 5.73 Å². The molecular formula is C16H13FN6OS. The number of aromatic nitrogens is 4. The summed E-state index contributed by atoms with van der Waals surface area (Å²) in [5, 5.41) is 15.8. The average molecular weight is 356 g/mol. The number of anilines is 1. The van der Waals surface area contributed by atoms with Gasteiger partial charge in [0.2, 0.25) is 0 Å². The van der Waals surface area contributed by atoms with Crippen LogP contribution in [0, 0.1) is 12.7 Å². The minimum Gasteiger partial charge on any atom is -0.397 e. The van der Waals surface area contributed by atoms with Crippen molar-refractivity contribution >= 4 is 38.8 Å². The van der Waals surface area contributed by atoms with Crippen molar-refractivity contribution in [1.82, 2.24) is 25.1 Å². The van der Waals surface area contributed by atoms with Crippen molar-refractivity contribution in [2.75, 3.05) is 5.73 Å². The lowest BCUT2D eigenvalue weighted by Gasteiger charge is -2.05. The lowest BCUT2D eigenvalue weighted by Crippen LogP contribution is -2.22. The molecule has 3 aromatic heterocycles. The molecule has 4 rings (SSSR count).